The highest BCUT2D eigenvalue weighted by atomic mass is 32.2. The van der Waals surface area contributed by atoms with Crippen LogP contribution in [-0.2, 0) is 21.7 Å². The first-order valence-corrected chi connectivity index (χ1v) is 12.9. The maximum atomic E-state index is 13.3. The topological polar surface area (TPSA) is 101 Å². The molecule has 3 aliphatic carbocycles. The van der Waals surface area contributed by atoms with E-state index in [1.165, 1.54) is 0 Å². The summed E-state index contributed by atoms with van der Waals surface area (Å²) < 4.78 is 27.6. The number of benzene rings is 1. The van der Waals surface area contributed by atoms with Crippen molar-refractivity contribution < 1.29 is 18.3 Å². The van der Waals surface area contributed by atoms with E-state index in [1.807, 2.05) is 12.1 Å². The van der Waals surface area contributed by atoms with Gasteiger partial charge in [0, 0.05) is 24.9 Å². The van der Waals surface area contributed by atoms with Crippen molar-refractivity contribution in [1.29, 1.82) is 0 Å². The molecule has 3 saturated carbocycles. The number of anilines is 1. The van der Waals surface area contributed by atoms with Crippen molar-refractivity contribution in [2.45, 2.75) is 67.1 Å². The third-order valence-electron chi connectivity index (χ3n) is 6.66. The Morgan fingerprint density at radius 1 is 1.16 bits per heavy atom. The monoisotopic (exact) mass is 455 g/mol. The second kappa shape index (κ2) is 8.15. The summed E-state index contributed by atoms with van der Waals surface area (Å²) in [6.07, 6.45) is 8.95. The van der Waals surface area contributed by atoms with Crippen LogP contribution in [0.2, 0.25) is 0 Å². The van der Waals surface area contributed by atoms with Crippen molar-refractivity contribution in [2.75, 3.05) is 5.32 Å². The zero-order valence-electron chi connectivity index (χ0n) is 18.2. The molecule has 0 aliphatic heterocycles. The summed E-state index contributed by atoms with van der Waals surface area (Å²) in [6, 6.07) is 7.09. The minimum Gasteiger partial charge on any atom is -0.393 e. The van der Waals surface area contributed by atoms with Crippen LogP contribution in [0.1, 0.15) is 62.0 Å². The van der Waals surface area contributed by atoms with Crippen LogP contribution in [0.25, 0.3) is 5.57 Å². The molecule has 2 N–H and O–H groups in total. The van der Waals surface area contributed by atoms with Gasteiger partial charge in [-0.15, -0.1) is 0 Å². The summed E-state index contributed by atoms with van der Waals surface area (Å²) in [5, 5.41) is 16.8. The van der Waals surface area contributed by atoms with E-state index in [0.29, 0.717) is 22.7 Å². The molecule has 0 unspecified atom stereocenters. The molecule has 3 aliphatic rings. The Hall–Kier alpha value is -2.45. The van der Waals surface area contributed by atoms with Gasteiger partial charge in [-0.1, -0.05) is 12.1 Å². The molecule has 2 atom stereocenters. The third-order valence-corrected chi connectivity index (χ3v) is 8.99. The average molecular weight is 456 g/mol. The molecule has 5 rings (SSSR count). The number of nitrogens with zero attached hydrogens (tertiary/aromatic N) is 2. The Morgan fingerprint density at radius 3 is 2.53 bits per heavy atom. The molecule has 7 nitrogen and oxygen atoms in total. The zero-order valence-corrected chi connectivity index (χ0v) is 19.0. The predicted molar refractivity (Wildman–Crippen MR) is 122 cm³/mol. The molecular weight excluding hydrogens is 426 g/mol. The Labute approximate surface area is 188 Å². The Kier molecular flexibility index (Phi) is 5.45. The maximum absolute atomic E-state index is 13.3. The average Bonchev–Trinajstić information content (AvgIpc) is 3.68. The molecule has 0 saturated heterocycles. The number of aliphatic hydroxyl groups excluding tert-OH is 1. The molecule has 1 amide bonds. The van der Waals surface area contributed by atoms with Gasteiger partial charge in [0.1, 0.15) is 0 Å². The number of hydrogen-bond donors (Lipinski definition) is 2. The van der Waals surface area contributed by atoms with Gasteiger partial charge in [0.2, 0.25) is 0 Å². The molecule has 170 valence electrons. The number of nitrogens with one attached hydrogen (secondary N) is 1. The van der Waals surface area contributed by atoms with Crippen LogP contribution in [0.5, 0.6) is 0 Å². The largest absolute Gasteiger partial charge is 0.393 e. The number of allylic oxidation sites excluding steroid dienone is 1. The van der Waals surface area contributed by atoms with E-state index in [2.05, 4.69) is 10.4 Å². The minimum absolute atomic E-state index is 0.105. The standard InChI is InChI=1S/C24H29N3O4S/c1-27-11-10-23(26-27)25-24(29)21(13-15-2-6-18(28)12-15)17-5-9-22(20(14-17)16-3-4-16)32(30,31)19-7-8-19/h5,9-11,13-16,18-19,28H,2-4,6-8,12H2,1H3,(H,25,26,29)/t15-,18-/m0/s1. The van der Waals surface area contributed by atoms with E-state index in [4.69, 9.17) is 0 Å². The summed E-state index contributed by atoms with van der Waals surface area (Å²) in [6.45, 7) is 0. The number of rotatable bonds is 7. The predicted octanol–water partition coefficient (Wildman–Crippen LogP) is 3.42. The number of aromatic nitrogens is 2. The highest BCUT2D eigenvalue weighted by molar-refractivity contribution is 7.92. The highest BCUT2D eigenvalue weighted by Gasteiger charge is 2.40. The second-order valence-electron chi connectivity index (χ2n) is 9.41. The van der Waals surface area contributed by atoms with Gasteiger partial charge in [0.25, 0.3) is 5.91 Å². The van der Waals surface area contributed by atoms with Crippen LogP contribution in [-0.4, -0.2) is 40.6 Å². The number of carbonyl (C=O) groups is 1. The van der Waals surface area contributed by atoms with Crippen molar-refractivity contribution in [3.8, 4) is 0 Å². The smallest absolute Gasteiger partial charge is 0.257 e. The van der Waals surface area contributed by atoms with E-state index in [9.17, 15) is 18.3 Å². The lowest BCUT2D eigenvalue weighted by atomic mass is 9.95. The normalized spacial score (nSPS) is 24.0. The summed E-state index contributed by atoms with van der Waals surface area (Å²) in [7, 11) is -1.52. The van der Waals surface area contributed by atoms with Crippen LogP contribution in [0.15, 0.2) is 41.4 Å². The van der Waals surface area contributed by atoms with Crippen molar-refractivity contribution >= 4 is 27.1 Å². The fourth-order valence-corrected chi connectivity index (χ4v) is 6.52. The Balaban J connectivity index is 1.52. The quantitative estimate of drug-likeness (QED) is 0.623. The number of sulfone groups is 1. The molecule has 2 aromatic rings. The molecule has 0 spiro atoms. The number of aryl methyl sites for hydroxylation is 1. The molecular formula is C24H29N3O4S. The summed E-state index contributed by atoms with van der Waals surface area (Å²) in [5.74, 6) is 0.537. The van der Waals surface area contributed by atoms with Crippen LogP contribution in [0, 0.1) is 5.92 Å². The first-order chi connectivity index (χ1) is 15.3. The van der Waals surface area contributed by atoms with Gasteiger partial charge in [-0.05, 0) is 80.0 Å². The van der Waals surface area contributed by atoms with Gasteiger partial charge in [-0.2, -0.15) is 5.10 Å². The van der Waals surface area contributed by atoms with Crippen LogP contribution in [0.4, 0.5) is 5.82 Å². The van der Waals surface area contributed by atoms with Gasteiger partial charge in [-0.3, -0.25) is 9.48 Å². The molecule has 1 aromatic heterocycles. The SMILES string of the molecule is Cn1ccc(NC(=O)C(=C[C@H]2CC[C@H](O)C2)c2ccc(S(=O)(=O)C3CC3)c(C3CC3)c2)n1. The summed E-state index contributed by atoms with van der Waals surface area (Å²) in [5.41, 5.74) is 2.07. The fourth-order valence-electron chi connectivity index (χ4n) is 4.59. The zero-order chi connectivity index (χ0) is 22.5. The summed E-state index contributed by atoms with van der Waals surface area (Å²) >= 11 is 0. The van der Waals surface area contributed by atoms with Crippen molar-refractivity contribution in [3.05, 3.63) is 47.7 Å². The van der Waals surface area contributed by atoms with E-state index in [0.717, 1.165) is 49.7 Å². The molecule has 1 heterocycles. The molecule has 1 aromatic carbocycles. The molecule has 0 bridgehead atoms. The van der Waals surface area contributed by atoms with Gasteiger partial charge < -0.3 is 10.4 Å². The number of aliphatic hydroxyl groups is 1. The molecule has 0 radical (unpaired) electrons. The molecule has 8 heteroatoms. The van der Waals surface area contributed by atoms with Crippen molar-refractivity contribution in [1.82, 2.24) is 9.78 Å². The van der Waals surface area contributed by atoms with Crippen molar-refractivity contribution in [3.63, 3.8) is 0 Å². The lowest BCUT2D eigenvalue weighted by Gasteiger charge is -2.15. The van der Waals surface area contributed by atoms with Crippen LogP contribution >= 0.6 is 0 Å². The first kappa shape index (κ1) is 21.4. The lowest BCUT2D eigenvalue weighted by Crippen LogP contribution is -2.16. The van der Waals surface area contributed by atoms with Crippen molar-refractivity contribution in [2.24, 2.45) is 13.0 Å². The lowest BCUT2D eigenvalue weighted by molar-refractivity contribution is -0.111. The third kappa shape index (κ3) is 4.38. The molecule has 3 fully saturated rings. The van der Waals surface area contributed by atoms with Gasteiger partial charge in [0.05, 0.1) is 16.2 Å². The Bertz CT molecular complexity index is 1180. The van der Waals surface area contributed by atoms with Gasteiger partial charge in [0.15, 0.2) is 15.7 Å². The van der Waals surface area contributed by atoms with E-state index in [-0.39, 0.29) is 29.1 Å². The fraction of sp³-hybridized carbons (Fsp3) is 0.500. The minimum atomic E-state index is -3.31. The number of carbonyl (C=O) groups excluding carboxylic acids is 1. The number of amides is 1. The van der Waals surface area contributed by atoms with Gasteiger partial charge in [-0.25, -0.2) is 8.42 Å². The summed E-state index contributed by atoms with van der Waals surface area (Å²) in [4.78, 5) is 13.7. The number of hydrogen-bond acceptors (Lipinski definition) is 5. The van der Waals surface area contributed by atoms with Crippen LogP contribution < -0.4 is 5.32 Å². The molecule has 32 heavy (non-hydrogen) atoms. The maximum Gasteiger partial charge on any atom is 0.257 e. The van der Waals surface area contributed by atoms with Crippen LogP contribution in [0.3, 0.4) is 0 Å². The van der Waals surface area contributed by atoms with E-state index >= 15 is 0 Å². The van der Waals surface area contributed by atoms with E-state index < -0.39 is 9.84 Å². The Morgan fingerprint density at radius 2 is 1.94 bits per heavy atom. The highest BCUT2D eigenvalue weighted by Crippen LogP contribution is 2.46. The van der Waals surface area contributed by atoms with Gasteiger partial charge >= 0.3 is 0 Å². The second-order valence-corrected chi connectivity index (χ2v) is 11.6. The first-order valence-electron chi connectivity index (χ1n) is 11.4. The van der Waals surface area contributed by atoms with E-state index in [1.54, 1.807) is 36.1 Å².